The van der Waals surface area contributed by atoms with E-state index in [1.807, 2.05) is 13.8 Å². The molecule has 0 saturated carbocycles. The lowest BCUT2D eigenvalue weighted by molar-refractivity contribution is 0.464. The molecule has 0 atom stereocenters. The molecule has 1 N–H and O–H groups in total. The first-order valence-electron chi connectivity index (χ1n) is 4.36. The van der Waals surface area contributed by atoms with Crippen molar-refractivity contribution in [1.82, 2.24) is 0 Å². The molecule has 1 heteroatoms. The molecular formula is C11H16O. The van der Waals surface area contributed by atoms with Crippen molar-refractivity contribution in [1.29, 1.82) is 0 Å². The van der Waals surface area contributed by atoms with E-state index >= 15 is 0 Å². The van der Waals surface area contributed by atoms with Crippen molar-refractivity contribution < 1.29 is 5.11 Å². The van der Waals surface area contributed by atoms with Crippen molar-refractivity contribution in [3.63, 3.8) is 0 Å². The summed E-state index contributed by atoms with van der Waals surface area (Å²) in [4.78, 5) is 0. The number of phenols is 1. The zero-order valence-corrected chi connectivity index (χ0v) is 8.23. The number of aromatic hydroxyl groups is 1. The summed E-state index contributed by atoms with van der Waals surface area (Å²) in [5.41, 5.74) is 4.54. The second kappa shape index (κ2) is 3.18. The average molecular weight is 164 g/mol. The maximum atomic E-state index is 9.70. The highest BCUT2D eigenvalue weighted by molar-refractivity contribution is 5.48. The number of aryl methyl sites for hydroxylation is 2. The van der Waals surface area contributed by atoms with Crippen LogP contribution >= 0.6 is 0 Å². The van der Waals surface area contributed by atoms with E-state index in [9.17, 15) is 5.11 Å². The summed E-state index contributed by atoms with van der Waals surface area (Å²) in [5, 5.41) is 9.70. The summed E-state index contributed by atoms with van der Waals surface area (Å²) in [5.74, 6) is 0.473. The molecule has 66 valence electrons. The van der Waals surface area contributed by atoms with Crippen LogP contribution in [-0.2, 0) is 6.42 Å². The van der Waals surface area contributed by atoms with E-state index in [2.05, 4.69) is 19.9 Å². The molecule has 0 fully saturated rings. The average Bonchev–Trinajstić information content (AvgIpc) is 2.08. The minimum atomic E-state index is 0.473. The molecule has 0 radical (unpaired) electrons. The summed E-state index contributed by atoms with van der Waals surface area (Å²) < 4.78 is 0. The largest absolute Gasteiger partial charge is 0.507 e. The van der Waals surface area contributed by atoms with Crippen LogP contribution in [0.1, 0.15) is 29.2 Å². The second-order valence-corrected chi connectivity index (χ2v) is 3.30. The normalized spacial score (nSPS) is 10.3. The third-order valence-electron chi connectivity index (χ3n) is 2.59. The predicted molar refractivity (Wildman–Crippen MR) is 51.7 cm³/mol. The monoisotopic (exact) mass is 164 g/mol. The Kier molecular flexibility index (Phi) is 2.41. The fourth-order valence-corrected chi connectivity index (χ4v) is 1.42. The third-order valence-corrected chi connectivity index (χ3v) is 2.59. The molecule has 1 nitrogen and oxygen atoms in total. The molecule has 1 rings (SSSR count). The van der Waals surface area contributed by atoms with Crippen LogP contribution in [0.4, 0.5) is 0 Å². The lowest BCUT2D eigenvalue weighted by Crippen LogP contribution is -1.92. The highest BCUT2D eigenvalue weighted by Gasteiger charge is 2.07. The number of hydrogen-bond donors (Lipinski definition) is 1. The van der Waals surface area contributed by atoms with Gasteiger partial charge < -0.3 is 5.11 Å². The standard InChI is InChI=1S/C11H16O/c1-5-10-6-7(2)8(3)9(4)11(10)12/h6,12H,5H2,1-4H3. The molecule has 0 aliphatic carbocycles. The van der Waals surface area contributed by atoms with Gasteiger partial charge in [0.1, 0.15) is 5.75 Å². The Morgan fingerprint density at radius 1 is 1.17 bits per heavy atom. The Hall–Kier alpha value is -0.980. The van der Waals surface area contributed by atoms with Crippen LogP contribution in [0.3, 0.4) is 0 Å². The van der Waals surface area contributed by atoms with Crippen molar-refractivity contribution in [2.75, 3.05) is 0 Å². The molecule has 1 aromatic carbocycles. The van der Waals surface area contributed by atoms with E-state index in [0.29, 0.717) is 5.75 Å². The van der Waals surface area contributed by atoms with E-state index in [1.54, 1.807) is 0 Å². The fourth-order valence-electron chi connectivity index (χ4n) is 1.42. The van der Waals surface area contributed by atoms with Crippen LogP contribution in [0.25, 0.3) is 0 Å². The van der Waals surface area contributed by atoms with Gasteiger partial charge in [0.05, 0.1) is 0 Å². The van der Waals surface area contributed by atoms with Gasteiger partial charge in [0.25, 0.3) is 0 Å². The molecule has 0 aromatic heterocycles. The first-order valence-corrected chi connectivity index (χ1v) is 4.36. The van der Waals surface area contributed by atoms with Crippen molar-refractivity contribution in [2.45, 2.75) is 34.1 Å². The molecular weight excluding hydrogens is 148 g/mol. The van der Waals surface area contributed by atoms with Gasteiger partial charge in [-0.2, -0.15) is 0 Å². The molecule has 0 amide bonds. The predicted octanol–water partition coefficient (Wildman–Crippen LogP) is 2.88. The van der Waals surface area contributed by atoms with Gasteiger partial charge in [-0.25, -0.2) is 0 Å². The van der Waals surface area contributed by atoms with Gasteiger partial charge >= 0.3 is 0 Å². The lowest BCUT2D eigenvalue weighted by Gasteiger charge is -2.10. The van der Waals surface area contributed by atoms with Crippen LogP contribution < -0.4 is 0 Å². The van der Waals surface area contributed by atoms with Gasteiger partial charge in [0.2, 0.25) is 0 Å². The Morgan fingerprint density at radius 3 is 2.25 bits per heavy atom. The van der Waals surface area contributed by atoms with Gasteiger partial charge in [0, 0.05) is 0 Å². The highest BCUT2D eigenvalue weighted by atomic mass is 16.3. The first-order chi connectivity index (χ1) is 5.57. The second-order valence-electron chi connectivity index (χ2n) is 3.30. The molecule has 0 aliphatic rings. The van der Waals surface area contributed by atoms with Crippen molar-refractivity contribution >= 4 is 0 Å². The van der Waals surface area contributed by atoms with Crippen molar-refractivity contribution in [3.8, 4) is 5.75 Å². The summed E-state index contributed by atoms with van der Waals surface area (Å²) in [6.07, 6.45) is 0.897. The number of hydrogen-bond acceptors (Lipinski definition) is 1. The topological polar surface area (TPSA) is 20.2 Å². The Bertz CT molecular complexity index is 300. The summed E-state index contributed by atoms with van der Waals surface area (Å²) in [7, 11) is 0. The fraction of sp³-hybridized carbons (Fsp3) is 0.455. The van der Waals surface area contributed by atoms with Gasteiger partial charge in [-0.1, -0.05) is 13.0 Å². The van der Waals surface area contributed by atoms with Gasteiger partial charge in [-0.15, -0.1) is 0 Å². The van der Waals surface area contributed by atoms with E-state index < -0.39 is 0 Å². The van der Waals surface area contributed by atoms with Crippen molar-refractivity contribution in [3.05, 3.63) is 28.3 Å². The Labute approximate surface area is 74.1 Å². The molecule has 0 saturated heterocycles. The number of rotatable bonds is 1. The number of benzene rings is 1. The maximum Gasteiger partial charge on any atom is 0.121 e. The number of phenolic OH excluding ortho intramolecular Hbond substituents is 1. The zero-order chi connectivity index (χ0) is 9.30. The van der Waals surface area contributed by atoms with Crippen molar-refractivity contribution in [2.24, 2.45) is 0 Å². The molecule has 0 bridgehead atoms. The smallest absolute Gasteiger partial charge is 0.121 e. The third kappa shape index (κ3) is 1.31. The maximum absolute atomic E-state index is 9.70. The van der Waals surface area contributed by atoms with Gasteiger partial charge in [-0.3, -0.25) is 0 Å². The minimum absolute atomic E-state index is 0.473. The highest BCUT2D eigenvalue weighted by Crippen LogP contribution is 2.27. The van der Waals surface area contributed by atoms with E-state index in [1.165, 1.54) is 11.1 Å². The van der Waals surface area contributed by atoms with E-state index in [4.69, 9.17) is 0 Å². The molecule has 0 aliphatic heterocycles. The van der Waals surface area contributed by atoms with Gasteiger partial charge in [0.15, 0.2) is 0 Å². The van der Waals surface area contributed by atoms with Crippen LogP contribution in [0.5, 0.6) is 5.75 Å². The van der Waals surface area contributed by atoms with Gasteiger partial charge in [-0.05, 0) is 49.4 Å². The zero-order valence-electron chi connectivity index (χ0n) is 8.23. The summed E-state index contributed by atoms with van der Waals surface area (Å²) >= 11 is 0. The van der Waals surface area contributed by atoms with E-state index in [0.717, 1.165) is 17.5 Å². The lowest BCUT2D eigenvalue weighted by atomic mass is 9.98. The molecule has 0 unspecified atom stereocenters. The van der Waals surface area contributed by atoms with Crippen LogP contribution in [-0.4, -0.2) is 5.11 Å². The SMILES string of the molecule is CCc1cc(C)c(C)c(C)c1O. The minimum Gasteiger partial charge on any atom is -0.507 e. The Balaban J connectivity index is 3.39. The Morgan fingerprint density at radius 2 is 1.75 bits per heavy atom. The van der Waals surface area contributed by atoms with Crippen LogP contribution in [0.15, 0.2) is 6.07 Å². The molecule has 12 heavy (non-hydrogen) atoms. The van der Waals surface area contributed by atoms with E-state index in [-0.39, 0.29) is 0 Å². The van der Waals surface area contributed by atoms with Crippen LogP contribution in [0.2, 0.25) is 0 Å². The quantitative estimate of drug-likeness (QED) is 0.676. The molecule has 1 aromatic rings. The summed E-state index contributed by atoms with van der Waals surface area (Å²) in [6, 6.07) is 2.07. The molecule has 0 heterocycles. The summed E-state index contributed by atoms with van der Waals surface area (Å²) in [6.45, 7) is 8.16. The first kappa shape index (κ1) is 9.11. The molecule has 0 spiro atoms. The van der Waals surface area contributed by atoms with Crippen LogP contribution in [0, 0.1) is 20.8 Å².